The molecule has 1 aliphatic carbocycles. The van der Waals surface area contributed by atoms with E-state index in [9.17, 15) is 17.2 Å². The van der Waals surface area contributed by atoms with Gasteiger partial charge >= 0.3 is 0 Å². The number of halogens is 2. The number of aromatic nitrogens is 2. The van der Waals surface area contributed by atoms with Gasteiger partial charge in [0, 0.05) is 30.9 Å². The van der Waals surface area contributed by atoms with E-state index in [1.165, 1.54) is 17.4 Å². The second kappa shape index (κ2) is 6.25. The van der Waals surface area contributed by atoms with Crippen LogP contribution in [0.15, 0.2) is 24.4 Å². The number of nitrogens with zero attached hydrogens (tertiary/aromatic N) is 3. The molecule has 130 valence electrons. The minimum atomic E-state index is -3.88. The van der Waals surface area contributed by atoms with Gasteiger partial charge in [-0.15, -0.1) is 0 Å². The normalized spacial score (nSPS) is 18.0. The molecule has 1 atom stereocenters. The first-order valence-electron chi connectivity index (χ1n) is 7.70. The van der Waals surface area contributed by atoms with Gasteiger partial charge < -0.3 is 0 Å². The number of sulfonamides is 1. The van der Waals surface area contributed by atoms with Crippen molar-refractivity contribution >= 4 is 10.0 Å². The molecule has 0 fully saturated rings. The van der Waals surface area contributed by atoms with E-state index in [4.69, 9.17) is 0 Å². The second-order valence-corrected chi connectivity index (χ2v) is 8.08. The molecule has 1 aliphatic rings. The van der Waals surface area contributed by atoms with Crippen molar-refractivity contribution in [2.45, 2.75) is 31.1 Å². The highest BCUT2D eigenvalue weighted by atomic mass is 32.2. The van der Waals surface area contributed by atoms with Gasteiger partial charge in [-0.3, -0.25) is 4.68 Å². The summed E-state index contributed by atoms with van der Waals surface area (Å²) in [7, 11) is -0.592. The summed E-state index contributed by atoms with van der Waals surface area (Å²) >= 11 is 0. The lowest BCUT2D eigenvalue weighted by atomic mass is 9.93. The SMILES string of the molecule is CN(C1CCCc2c1cnn2C)S(=O)(=O)Cc1c(F)cccc1F. The molecule has 1 heterocycles. The molecule has 8 heteroatoms. The van der Waals surface area contributed by atoms with Crippen molar-refractivity contribution in [2.75, 3.05) is 7.05 Å². The van der Waals surface area contributed by atoms with E-state index < -0.39 is 33.0 Å². The molecular weight excluding hydrogens is 336 g/mol. The zero-order chi connectivity index (χ0) is 17.5. The summed E-state index contributed by atoms with van der Waals surface area (Å²) in [5.41, 5.74) is 1.45. The molecule has 24 heavy (non-hydrogen) atoms. The Balaban J connectivity index is 1.91. The molecule has 1 aromatic heterocycles. The third-order valence-electron chi connectivity index (χ3n) is 4.61. The number of hydrogen-bond donors (Lipinski definition) is 0. The monoisotopic (exact) mass is 355 g/mol. The highest BCUT2D eigenvalue weighted by Gasteiger charge is 2.33. The Kier molecular flexibility index (Phi) is 4.44. The second-order valence-electron chi connectivity index (χ2n) is 6.05. The quantitative estimate of drug-likeness (QED) is 0.847. The first-order chi connectivity index (χ1) is 11.3. The van der Waals surface area contributed by atoms with E-state index in [1.54, 1.807) is 10.9 Å². The molecule has 0 saturated heterocycles. The summed E-state index contributed by atoms with van der Waals surface area (Å²) in [4.78, 5) is 0. The zero-order valence-electron chi connectivity index (χ0n) is 13.5. The van der Waals surface area contributed by atoms with E-state index in [-0.39, 0.29) is 6.04 Å². The minimum absolute atomic E-state index is 0.359. The minimum Gasteiger partial charge on any atom is -0.272 e. The van der Waals surface area contributed by atoms with Gasteiger partial charge in [0.05, 0.1) is 18.0 Å². The smallest absolute Gasteiger partial charge is 0.218 e. The highest BCUT2D eigenvalue weighted by Crippen LogP contribution is 2.35. The van der Waals surface area contributed by atoms with E-state index >= 15 is 0 Å². The van der Waals surface area contributed by atoms with Crippen LogP contribution in [0.3, 0.4) is 0 Å². The number of aryl methyl sites for hydroxylation is 1. The Bertz CT molecular complexity index is 844. The summed E-state index contributed by atoms with van der Waals surface area (Å²) in [6.45, 7) is 0. The number of rotatable bonds is 4. The summed E-state index contributed by atoms with van der Waals surface area (Å²) < 4.78 is 55.9. The summed E-state index contributed by atoms with van der Waals surface area (Å²) in [5, 5.41) is 4.20. The predicted octanol–water partition coefficient (Wildman–Crippen LogP) is 2.54. The van der Waals surface area contributed by atoms with Crippen LogP contribution >= 0.6 is 0 Å². The fourth-order valence-electron chi connectivity index (χ4n) is 3.21. The van der Waals surface area contributed by atoms with E-state index in [0.717, 1.165) is 36.2 Å². The molecule has 0 bridgehead atoms. The van der Waals surface area contributed by atoms with Gasteiger partial charge in [-0.05, 0) is 31.4 Å². The fraction of sp³-hybridized carbons (Fsp3) is 0.438. The predicted molar refractivity (Wildman–Crippen MR) is 85.6 cm³/mol. The van der Waals surface area contributed by atoms with Crippen LogP contribution in [-0.4, -0.2) is 29.6 Å². The van der Waals surface area contributed by atoms with Gasteiger partial charge in [0.1, 0.15) is 11.6 Å². The Morgan fingerprint density at radius 1 is 1.33 bits per heavy atom. The molecule has 1 unspecified atom stereocenters. The third kappa shape index (κ3) is 2.95. The molecule has 0 N–H and O–H groups in total. The Morgan fingerprint density at radius 2 is 2.00 bits per heavy atom. The number of benzene rings is 1. The first kappa shape index (κ1) is 17.0. The molecule has 0 saturated carbocycles. The summed E-state index contributed by atoms with van der Waals surface area (Å²) in [6, 6.07) is 2.98. The maximum Gasteiger partial charge on any atom is 0.218 e. The summed E-state index contributed by atoms with van der Waals surface area (Å²) in [5.74, 6) is -2.40. The molecule has 1 aromatic carbocycles. The van der Waals surface area contributed by atoms with Gasteiger partial charge in [-0.1, -0.05) is 6.07 Å². The Labute approximate surface area is 139 Å². The molecule has 5 nitrogen and oxygen atoms in total. The molecule has 0 aliphatic heterocycles. The molecule has 2 aromatic rings. The van der Waals surface area contributed by atoms with Gasteiger partial charge in [0.25, 0.3) is 0 Å². The average Bonchev–Trinajstić information content (AvgIpc) is 2.92. The molecule has 3 rings (SSSR count). The van der Waals surface area contributed by atoms with Crippen LogP contribution < -0.4 is 0 Å². The third-order valence-corrected chi connectivity index (χ3v) is 6.40. The lowest BCUT2D eigenvalue weighted by Crippen LogP contribution is -2.34. The average molecular weight is 355 g/mol. The van der Waals surface area contributed by atoms with Crippen molar-refractivity contribution in [1.82, 2.24) is 14.1 Å². The van der Waals surface area contributed by atoms with Crippen LogP contribution in [0.1, 0.15) is 35.7 Å². The van der Waals surface area contributed by atoms with Gasteiger partial charge in [-0.2, -0.15) is 9.40 Å². The van der Waals surface area contributed by atoms with E-state index in [2.05, 4.69) is 5.10 Å². The standard InChI is InChI=1S/C16H19F2N3O2S/c1-20-15-7-4-8-16(11(15)9-19-20)21(2)24(22,23)10-12-13(17)5-3-6-14(12)18/h3,5-6,9,16H,4,7-8,10H2,1-2H3. The molecule has 0 amide bonds. The highest BCUT2D eigenvalue weighted by molar-refractivity contribution is 7.88. The molecule has 0 radical (unpaired) electrons. The van der Waals surface area contributed by atoms with E-state index in [0.29, 0.717) is 6.42 Å². The van der Waals surface area contributed by atoms with Crippen molar-refractivity contribution in [3.05, 3.63) is 52.9 Å². The van der Waals surface area contributed by atoms with Crippen LogP contribution in [0.5, 0.6) is 0 Å². The Hall–Kier alpha value is -1.80. The van der Waals surface area contributed by atoms with Gasteiger partial charge in [0.15, 0.2) is 0 Å². The van der Waals surface area contributed by atoms with Crippen LogP contribution in [0.4, 0.5) is 8.78 Å². The van der Waals surface area contributed by atoms with Crippen molar-refractivity contribution in [1.29, 1.82) is 0 Å². The van der Waals surface area contributed by atoms with Crippen LogP contribution in [0.2, 0.25) is 0 Å². The fourth-order valence-corrected chi connectivity index (χ4v) is 4.66. The van der Waals surface area contributed by atoms with E-state index in [1.807, 2.05) is 7.05 Å². The zero-order valence-corrected chi connectivity index (χ0v) is 14.4. The largest absolute Gasteiger partial charge is 0.272 e. The number of fused-ring (bicyclic) bond motifs is 1. The summed E-state index contributed by atoms with van der Waals surface area (Å²) in [6.07, 6.45) is 4.02. The maximum absolute atomic E-state index is 13.8. The first-order valence-corrected chi connectivity index (χ1v) is 9.31. The molecular formula is C16H19F2N3O2S. The van der Waals surface area contributed by atoms with Crippen LogP contribution in [-0.2, 0) is 29.2 Å². The van der Waals surface area contributed by atoms with Gasteiger partial charge in [0.2, 0.25) is 10.0 Å². The van der Waals surface area contributed by atoms with Gasteiger partial charge in [-0.25, -0.2) is 17.2 Å². The van der Waals surface area contributed by atoms with Crippen LogP contribution in [0.25, 0.3) is 0 Å². The van der Waals surface area contributed by atoms with Crippen molar-refractivity contribution < 1.29 is 17.2 Å². The molecule has 0 spiro atoms. The Morgan fingerprint density at radius 3 is 2.67 bits per heavy atom. The van der Waals surface area contributed by atoms with Crippen molar-refractivity contribution in [3.8, 4) is 0 Å². The lowest BCUT2D eigenvalue weighted by Gasteiger charge is -2.30. The lowest BCUT2D eigenvalue weighted by molar-refractivity contribution is 0.334. The van der Waals surface area contributed by atoms with Crippen molar-refractivity contribution in [3.63, 3.8) is 0 Å². The topological polar surface area (TPSA) is 55.2 Å². The van der Waals surface area contributed by atoms with Crippen LogP contribution in [0, 0.1) is 11.6 Å². The maximum atomic E-state index is 13.8. The van der Waals surface area contributed by atoms with Crippen molar-refractivity contribution in [2.24, 2.45) is 7.05 Å². The number of hydrogen-bond acceptors (Lipinski definition) is 3.